The number of nitrogens with zero attached hydrogens (tertiary/aromatic N) is 5. The first kappa shape index (κ1) is 31.5. The quantitative estimate of drug-likeness (QED) is 0.164. The van der Waals surface area contributed by atoms with Crippen LogP contribution < -0.4 is 0 Å². The molecule has 0 aliphatic heterocycles. The maximum atomic E-state index is 9.56. The van der Waals surface area contributed by atoms with Crippen molar-refractivity contribution in [3.05, 3.63) is 249 Å². The Balaban J connectivity index is 1.14. The number of pyridine rings is 1. The third-order valence-corrected chi connectivity index (χ3v) is 14.0. The second kappa shape index (κ2) is 15.0. The smallest absolute Gasteiger partial charge is 0.140 e. The molecule has 15 rings (SSSR count). The van der Waals surface area contributed by atoms with E-state index in [0.717, 1.165) is 71.7 Å². The predicted octanol–water partition coefficient (Wildman–Crippen LogP) is 16.8. The molecule has 0 radical (unpaired) electrons. The normalized spacial score (nSPS) is 13.6. The van der Waals surface area contributed by atoms with E-state index >= 15 is 0 Å². The van der Waals surface area contributed by atoms with Gasteiger partial charge >= 0.3 is 0 Å². The molecule has 10 aromatic carbocycles. The molecule has 0 N–H and O–H groups in total. The van der Waals surface area contributed by atoms with Gasteiger partial charge in [-0.2, -0.15) is 0 Å². The Morgan fingerprint density at radius 2 is 0.786 bits per heavy atom. The van der Waals surface area contributed by atoms with Gasteiger partial charge in [-0.05, 0) is 83.9 Å². The van der Waals surface area contributed by atoms with E-state index in [1.54, 1.807) is 0 Å². The zero-order valence-corrected chi connectivity index (χ0v) is 37.3. The van der Waals surface area contributed by atoms with Crippen molar-refractivity contribution in [1.29, 1.82) is 0 Å². The molecule has 5 heteroatoms. The number of hydrogen-bond donors (Lipinski definition) is 0. The van der Waals surface area contributed by atoms with Crippen LogP contribution in [0, 0.1) is 0 Å². The van der Waals surface area contributed by atoms with Crippen LogP contribution in [0.2, 0.25) is 0 Å². The van der Waals surface area contributed by atoms with Crippen molar-refractivity contribution in [3.63, 3.8) is 0 Å². The first-order valence-corrected chi connectivity index (χ1v) is 23.3. The van der Waals surface area contributed by atoms with Gasteiger partial charge in [-0.3, -0.25) is 4.57 Å². The largest absolute Gasteiger partial charge is 0.309 e. The molecule has 5 aromatic heterocycles. The lowest BCUT2D eigenvalue weighted by atomic mass is 9.94. The van der Waals surface area contributed by atoms with Gasteiger partial charge in [0.1, 0.15) is 5.82 Å². The average Bonchev–Trinajstić information content (AvgIpc) is 4.34. The van der Waals surface area contributed by atoms with Crippen molar-refractivity contribution in [2.24, 2.45) is 0 Å². The molecule has 0 amide bonds. The highest BCUT2D eigenvalue weighted by atomic mass is 15.1. The van der Waals surface area contributed by atoms with E-state index < -0.39 is 0 Å². The molecule has 0 unspecified atom stereocenters. The SMILES string of the molecule is [2H]c1c([2H])c([2H])c2c(c1[2H])c1ccccc1n2-c1cc(-c2c(-c3ccc4c5ccccc5n(-c5ccccc5)c4c3)cccc2-n2c3ccccc3c3ccccc32)nc(-n2c3ccccc3c3c([2H])c([2H])c([2H])c([2H])c32)c1. The summed E-state index contributed by atoms with van der Waals surface area (Å²) in [6.07, 6.45) is 0. The summed E-state index contributed by atoms with van der Waals surface area (Å²) < 4.78 is 81.7. The molecule has 70 heavy (non-hydrogen) atoms. The number of aromatic nitrogens is 5. The Kier molecular flexibility index (Phi) is 6.76. The van der Waals surface area contributed by atoms with E-state index in [4.69, 9.17) is 10.5 Å². The van der Waals surface area contributed by atoms with Gasteiger partial charge in [0.2, 0.25) is 0 Å². The van der Waals surface area contributed by atoms with Crippen molar-refractivity contribution < 1.29 is 11.0 Å². The van der Waals surface area contributed by atoms with Crippen LogP contribution in [0.25, 0.3) is 132 Å². The number of fused-ring (bicyclic) bond motifs is 12. The van der Waals surface area contributed by atoms with Gasteiger partial charge in [-0.1, -0.05) is 170 Å². The highest BCUT2D eigenvalue weighted by molar-refractivity contribution is 6.14. The van der Waals surface area contributed by atoms with Crippen LogP contribution in [0.1, 0.15) is 11.0 Å². The van der Waals surface area contributed by atoms with E-state index in [-0.39, 0.29) is 59.4 Å². The Labute approximate surface area is 413 Å². The molecule has 0 saturated carbocycles. The monoisotopic (exact) mass is 899 g/mol. The number of rotatable bonds is 6. The van der Waals surface area contributed by atoms with Crippen LogP contribution in [0.15, 0.2) is 249 Å². The van der Waals surface area contributed by atoms with Gasteiger partial charge in [-0.25, -0.2) is 4.98 Å². The summed E-state index contributed by atoms with van der Waals surface area (Å²) in [5, 5.41) is 6.33. The lowest BCUT2D eigenvalue weighted by Crippen LogP contribution is -2.06. The van der Waals surface area contributed by atoms with Crippen LogP contribution >= 0.6 is 0 Å². The second-order valence-electron chi connectivity index (χ2n) is 17.7. The van der Waals surface area contributed by atoms with Crippen LogP contribution in [0.4, 0.5) is 0 Å². The zero-order chi connectivity index (χ0) is 52.8. The Morgan fingerprint density at radius 3 is 1.39 bits per heavy atom. The first-order chi connectivity index (χ1) is 38.1. The minimum absolute atomic E-state index is 0.156. The van der Waals surface area contributed by atoms with Crippen LogP contribution in [0.5, 0.6) is 0 Å². The maximum Gasteiger partial charge on any atom is 0.140 e. The zero-order valence-electron chi connectivity index (χ0n) is 45.3. The molecule has 0 atom stereocenters. The minimum Gasteiger partial charge on any atom is -0.309 e. The van der Waals surface area contributed by atoms with Crippen LogP contribution in [0.3, 0.4) is 0 Å². The minimum atomic E-state index is -0.381. The van der Waals surface area contributed by atoms with Gasteiger partial charge in [-0.15, -0.1) is 0 Å². The number of benzene rings is 10. The van der Waals surface area contributed by atoms with Gasteiger partial charge in [0.25, 0.3) is 0 Å². The summed E-state index contributed by atoms with van der Waals surface area (Å²) in [5.74, 6) is 0.327. The topological polar surface area (TPSA) is 32.6 Å². The van der Waals surface area contributed by atoms with Crippen molar-refractivity contribution in [3.8, 4) is 45.3 Å². The van der Waals surface area contributed by atoms with Gasteiger partial charge in [0, 0.05) is 60.4 Å². The highest BCUT2D eigenvalue weighted by Gasteiger charge is 2.24. The van der Waals surface area contributed by atoms with Gasteiger partial charge in [0.05, 0.1) is 72.2 Å². The maximum absolute atomic E-state index is 9.56. The molecule has 0 aliphatic carbocycles. The summed E-state index contributed by atoms with van der Waals surface area (Å²) in [6, 6.07) is 65.1. The molecular weight excluding hydrogens is 851 g/mol. The number of hydrogen-bond acceptors (Lipinski definition) is 1. The van der Waals surface area contributed by atoms with Crippen molar-refractivity contribution in [2.45, 2.75) is 0 Å². The molecule has 0 fully saturated rings. The highest BCUT2D eigenvalue weighted by Crippen LogP contribution is 2.45. The number of para-hydroxylation sites is 8. The lowest BCUT2D eigenvalue weighted by Gasteiger charge is -2.20. The summed E-state index contributed by atoms with van der Waals surface area (Å²) in [5.41, 5.74) is 11.2. The average molecular weight is 900 g/mol. The molecule has 0 aliphatic rings. The molecule has 5 heterocycles. The van der Waals surface area contributed by atoms with E-state index in [0.29, 0.717) is 49.8 Å². The molecule has 0 bridgehead atoms. The third-order valence-electron chi connectivity index (χ3n) is 14.0. The summed E-state index contributed by atoms with van der Waals surface area (Å²) in [6.45, 7) is 0. The van der Waals surface area contributed by atoms with Crippen molar-refractivity contribution >= 4 is 87.2 Å². The summed E-state index contributed by atoms with van der Waals surface area (Å²) >= 11 is 0. The Hall–Kier alpha value is -9.45. The lowest BCUT2D eigenvalue weighted by molar-refractivity contribution is 1.06. The Morgan fingerprint density at radius 1 is 0.314 bits per heavy atom. The van der Waals surface area contributed by atoms with Crippen LogP contribution in [-0.2, 0) is 0 Å². The molecule has 326 valence electrons. The van der Waals surface area contributed by atoms with E-state index in [1.165, 1.54) is 0 Å². The fourth-order valence-corrected chi connectivity index (χ4v) is 11.1. The molecular formula is C65H41N5. The first-order valence-electron chi connectivity index (χ1n) is 27.3. The van der Waals surface area contributed by atoms with E-state index in [2.05, 4.69) is 118 Å². The van der Waals surface area contributed by atoms with Crippen molar-refractivity contribution in [2.75, 3.05) is 0 Å². The fourth-order valence-electron chi connectivity index (χ4n) is 11.1. The molecule has 15 aromatic rings. The predicted molar refractivity (Wildman–Crippen MR) is 292 cm³/mol. The second-order valence-corrected chi connectivity index (χ2v) is 17.7. The molecule has 5 nitrogen and oxygen atoms in total. The molecule has 0 spiro atoms. The third kappa shape index (κ3) is 5.57. The Bertz CT molecular complexity index is 4880. The van der Waals surface area contributed by atoms with Crippen LogP contribution in [-0.4, -0.2) is 23.3 Å². The summed E-state index contributed by atoms with van der Waals surface area (Å²) in [4.78, 5) is 5.72. The van der Waals surface area contributed by atoms with E-state index in [9.17, 15) is 5.48 Å². The standard InChI is InChI=1S/C65H41N5/c1-2-19-43(20-3-1)67-55-29-11-6-27-52(55)53-38-37-42(39-63(53)67)45-28-18-36-62(69-58-32-14-7-23-48(58)49-24-8-15-33-59(49)69)65(45)54-40-44(68-56-30-12-4-21-46(56)47-22-5-13-31-57(47)68)41-64(66-54)70-60-34-16-9-25-50(60)51-26-10-17-35-61(51)70/h1-41H/i4D,9D,12D,16D,21D,25D,30D,34D. The fraction of sp³-hybridized carbons (Fsp3) is 0. The summed E-state index contributed by atoms with van der Waals surface area (Å²) in [7, 11) is 0. The van der Waals surface area contributed by atoms with Crippen molar-refractivity contribution in [1.82, 2.24) is 23.3 Å². The van der Waals surface area contributed by atoms with Gasteiger partial charge in [0.15, 0.2) is 0 Å². The molecule has 0 saturated heterocycles. The van der Waals surface area contributed by atoms with Gasteiger partial charge < -0.3 is 13.7 Å². The van der Waals surface area contributed by atoms with E-state index in [1.807, 2.05) is 100 Å².